The van der Waals surface area contributed by atoms with Crippen LogP contribution in [0.1, 0.15) is 21.6 Å². The molecule has 0 unspecified atom stereocenters. The Hall–Kier alpha value is -2.86. The summed E-state index contributed by atoms with van der Waals surface area (Å²) in [6.45, 7) is 4.89. The van der Waals surface area contributed by atoms with Gasteiger partial charge in [-0.05, 0) is 43.2 Å². The van der Waals surface area contributed by atoms with Crippen molar-refractivity contribution in [3.05, 3.63) is 59.5 Å². The Morgan fingerprint density at radius 1 is 1.28 bits per heavy atom. The fourth-order valence-electron chi connectivity index (χ4n) is 2.58. The second-order valence-corrected chi connectivity index (χ2v) is 5.84. The van der Waals surface area contributed by atoms with Gasteiger partial charge in [0.1, 0.15) is 11.4 Å². The van der Waals surface area contributed by atoms with Crippen LogP contribution in [0.25, 0.3) is 17.1 Å². The zero-order valence-corrected chi connectivity index (χ0v) is 14.6. The van der Waals surface area contributed by atoms with E-state index in [1.165, 1.54) is 0 Å². The SMILES string of the molecule is COCCNC(=O)c1cc(-c2ccco2)nn1-c1cc(C)ccc1C. The number of furan rings is 1. The number of methoxy groups -OCH3 is 1. The average molecular weight is 339 g/mol. The van der Waals surface area contributed by atoms with Gasteiger partial charge in [-0.25, -0.2) is 4.68 Å². The molecule has 0 fully saturated rings. The summed E-state index contributed by atoms with van der Waals surface area (Å²) in [7, 11) is 1.60. The van der Waals surface area contributed by atoms with Crippen molar-refractivity contribution in [1.29, 1.82) is 0 Å². The summed E-state index contributed by atoms with van der Waals surface area (Å²) >= 11 is 0. The Kier molecular flexibility index (Phi) is 5.00. The maximum atomic E-state index is 12.6. The van der Waals surface area contributed by atoms with Crippen LogP contribution in [0, 0.1) is 13.8 Å². The number of hydrogen-bond donors (Lipinski definition) is 1. The lowest BCUT2D eigenvalue weighted by Crippen LogP contribution is -2.29. The lowest BCUT2D eigenvalue weighted by Gasteiger charge is -2.11. The average Bonchev–Trinajstić information content (AvgIpc) is 3.26. The zero-order chi connectivity index (χ0) is 17.8. The normalized spacial score (nSPS) is 10.8. The van der Waals surface area contributed by atoms with Crippen LogP contribution in [0.3, 0.4) is 0 Å². The van der Waals surface area contributed by atoms with Gasteiger partial charge in [-0.1, -0.05) is 12.1 Å². The highest BCUT2D eigenvalue weighted by Gasteiger charge is 2.19. The predicted octanol–water partition coefficient (Wildman–Crippen LogP) is 3.13. The summed E-state index contributed by atoms with van der Waals surface area (Å²) in [6.07, 6.45) is 1.59. The smallest absolute Gasteiger partial charge is 0.270 e. The van der Waals surface area contributed by atoms with Gasteiger partial charge in [0.25, 0.3) is 5.91 Å². The Bertz CT molecular complexity index is 866. The van der Waals surface area contributed by atoms with Gasteiger partial charge >= 0.3 is 0 Å². The highest BCUT2D eigenvalue weighted by Crippen LogP contribution is 2.24. The molecule has 0 spiro atoms. The van der Waals surface area contributed by atoms with Gasteiger partial charge < -0.3 is 14.5 Å². The number of nitrogens with one attached hydrogen (secondary N) is 1. The lowest BCUT2D eigenvalue weighted by atomic mass is 10.1. The number of benzene rings is 1. The number of carbonyl (C=O) groups excluding carboxylic acids is 1. The number of ether oxygens (including phenoxy) is 1. The van der Waals surface area contributed by atoms with E-state index in [0.717, 1.165) is 16.8 Å². The van der Waals surface area contributed by atoms with Gasteiger partial charge in [0.05, 0.1) is 18.6 Å². The second kappa shape index (κ2) is 7.36. The molecule has 0 aliphatic carbocycles. The molecular formula is C19H21N3O3. The molecule has 1 amide bonds. The predicted molar refractivity (Wildman–Crippen MR) is 94.9 cm³/mol. The van der Waals surface area contributed by atoms with Gasteiger partial charge in [-0.15, -0.1) is 0 Å². The van der Waals surface area contributed by atoms with Crippen molar-refractivity contribution in [1.82, 2.24) is 15.1 Å². The zero-order valence-electron chi connectivity index (χ0n) is 14.6. The van der Waals surface area contributed by atoms with Crippen molar-refractivity contribution in [2.75, 3.05) is 20.3 Å². The molecule has 0 atom stereocenters. The number of aryl methyl sites for hydroxylation is 2. The van der Waals surface area contributed by atoms with Crippen molar-refractivity contribution in [2.45, 2.75) is 13.8 Å². The van der Waals surface area contributed by atoms with E-state index < -0.39 is 0 Å². The summed E-state index contributed by atoms with van der Waals surface area (Å²) in [5, 5.41) is 7.45. The number of carbonyl (C=O) groups is 1. The first-order valence-corrected chi connectivity index (χ1v) is 8.09. The van der Waals surface area contributed by atoms with Gasteiger partial charge in [-0.3, -0.25) is 4.79 Å². The fraction of sp³-hybridized carbons (Fsp3) is 0.263. The van der Waals surface area contributed by atoms with Crippen molar-refractivity contribution < 1.29 is 13.9 Å². The molecule has 1 aromatic carbocycles. The van der Waals surface area contributed by atoms with Crippen LogP contribution in [0.15, 0.2) is 47.1 Å². The van der Waals surface area contributed by atoms with Crippen LogP contribution >= 0.6 is 0 Å². The highest BCUT2D eigenvalue weighted by molar-refractivity contribution is 5.94. The van der Waals surface area contributed by atoms with E-state index in [9.17, 15) is 4.79 Å². The Morgan fingerprint density at radius 3 is 2.84 bits per heavy atom. The molecule has 0 aliphatic heterocycles. The minimum atomic E-state index is -0.205. The van der Waals surface area contributed by atoms with Crippen molar-refractivity contribution in [2.24, 2.45) is 0 Å². The minimum Gasteiger partial charge on any atom is -0.463 e. The molecule has 0 aliphatic rings. The van der Waals surface area contributed by atoms with E-state index in [1.54, 1.807) is 30.2 Å². The van der Waals surface area contributed by atoms with Gasteiger partial charge in [0.2, 0.25) is 0 Å². The maximum Gasteiger partial charge on any atom is 0.270 e. The summed E-state index contributed by atoms with van der Waals surface area (Å²) < 4.78 is 12.1. The lowest BCUT2D eigenvalue weighted by molar-refractivity contribution is 0.0929. The third-order valence-electron chi connectivity index (χ3n) is 3.90. The summed E-state index contributed by atoms with van der Waals surface area (Å²) in [5.41, 5.74) is 4.07. The van der Waals surface area contributed by atoms with Gasteiger partial charge in [0.15, 0.2) is 5.76 Å². The molecule has 25 heavy (non-hydrogen) atoms. The van der Waals surface area contributed by atoms with Crippen LogP contribution in [-0.2, 0) is 4.74 Å². The molecule has 2 aromatic heterocycles. The molecule has 0 bridgehead atoms. The van der Waals surface area contributed by atoms with Crippen molar-refractivity contribution in [3.63, 3.8) is 0 Å². The number of hydrogen-bond acceptors (Lipinski definition) is 4. The van der Waals surface area contributed by atoms with E-state index >= 15 is 0 Å². The Balaban J connectivity index is 2.05. The molecule has 0 radical (unpaired) electrons. The largest absolute Gasteiger partial charge is 0.463 e. The third kappa shape index (κ3) is 3.64. The van der Waals surface area contributed by atoms with Crippen LogP contribution in [-0.4, -0.2) is 35.9 Å². The summed E-state index contributed by atoms with van der Waals surface area (Å²) in [6, 6.07) is 11.4. The number of rotatable bonds is 6. The quantitative estimate of drug-likeness (QED) is 0.701. The van der Waals surface area contributed by atoms with Crippen LogP contribution in [0.5, 0.6) is 0 Å². The molecule has 0 saturated carbocycles. The van der Waals surface area contributed by atoms with Crippen molar-refractivity contribution in [3.8, 4) is 17.1 Å². The van der Waals surface area contributed by atoms with E-state index in [2.05, 4.69) is 10.4 Å². The molecule has 1 N–H and O–H groups in total. The molecule has 130 valence electrons. The molecule has 6 nitrogen and oxygen atoms in total. The molecule has 6 heteroatoms. The summed E-state index contributed by atoms with van der Waals surface area (Å²) in [4.78, 5) is 12.6. The van der Waals surface area contributed by atoms with Crippen LogP contribution in [0.2, 0.25) is 0 Å². The van der Waals surface area contributed by atoms with E-state index in [4.69, 9.17) is 9.15 Å². The van der Waals surface area contributed by atoms with Crippen LogP contribution < -0.4 is 5.32 Å². The molecule has 2 heterocycles. The second-order valence-electron chi connectivity index (χ2n) is 5.84. The van der Waals surface area contributed by atoms with Crippen LogP contribution in [0.4, 0.5) is 0 Å². The first kappa shape index (κ1) is 17.0. The monoisotopic (exact) mass is 339 g/mol. The van der Waals surface area contributed by atoms with Gasteiger partial charge in [-0.2, -0.15) is 5.10 Å². The molecule has 3 aromatic rings. The van der Waals surface area contributed by atoms with E-state index in [1.807, 2.05) is 38.1 Å². The first-order valence-electron chi connectivity index (χ1n) is 8.09. The third-order valence-corrected chi connectivity index (χ3v) is 3.90. The Morgan fingerprint density at radius 2 is 2.12 bits per heavy atom. The number of nitrogens with zero attached hydrogens (tertiary/aromatic N) is 2. The topological polar surface area (TPSA) is 69.3 Å². The minimum absolute atomic E-state index is 0.205. The summed E-state index contributed by atoms with van der Waals surface area (Å²) in [5.74, 6) is 0.415. The maximum absolute atomic E-state index is 12.6. The highest BCUT2D eigenvalue weighted by atomic mass is 16.5. The van der Waals surface area contributed by atoms with Crippen molar-refractivity contribution >= 4 is 5.91 Å². The molecule has 0 saturated heterocycles. The Labute approximate surface area is 146 Å². The molecule has 3 rings (SSSR count). The number of aromatic nitrogens is 2. The first-order chi connectivity index (χ1) is 12.1. The number of amides is 1. The van der Waals surface area contributed by atoms with E-state index in [-0.39, 0.29) is 5.91 Å². The van der Waals surface area contributed by atoms with E-state index in [0.29, 0.717) is 30.3 Å². The standard InChI is InChI=1S/C19H21N3O3/c1-13-6-7-14(2)16(11-13)22-17(19(23)20-8-10-24-3)12-15(21-22)18-5-4-9-25-18/h4-7,9,11-12H,8,10H2,1-3H3,(H,20,23). The fourth-order valence-corrected chi connectivity index (χ4v) is 2.58. The molecular weight excluding hydrogens is 318 g/mol. The van der Waals surface area contributed by atoms with Gasteiger partial charge in [0, 0.05) is 19.7 Å².